The van der Waals surface area contributed by atoms with Crippen molar-refractivity contribution in [3.63, 3.8) is 0 Å². The third-order valence-corrected chi connectivity index (χ3v) is 2.75. The van der Waals surface area contributed by atoms with Crippen molar-refractivity contribution in [2.75, 3.05) is 0 Å². The van der Waals surface area contributed by atoms with Crippen LogP contribution in [0.25, 0.3) is 11.3 Å². The highest BCUT2D eigenvalue weighted by atomic mass is 16.5. The number of pyridine rings is 1. The van der Waals surface area contributed by atoms with Crippen LogP contribution in [0.15, 0.2) is 23.0 Å². The van der Waals surface area contributed by atoms with E-state index in [4.69, 9.17) is 4.52 Å². The Morgan fingerprint density at radius 1 is 1.44 bits per heavy atom. The van der Waals surface area contributed by atoms with Gasteiger partial charge in [0.25, 0.3) is 0 Å². The van der Waals surface area contributed by atoms with Crippen molar-refractivity contribution >= 4 is 5.97 Å². The summed E-state index contributed by atoms with van der Waals surface area (Å²) in [5, 5.41) is 13.2. The lowest BCUT2D eigenvalue weighted by atomic mass is 10.00. The van der Waals surface area contributed by atoms with E-state index in [9.17, 15) is 9.90 Å². The van der Waals surface area contributed by atoms with Gasteiger partial charge in [-0.1, -0.05) is 19.0 Å². The van der Waals surface area contributed by atoms with Gasteiger partial charge < -0.3 is 9.63 Å². The minimum atomic E-state index is -1.03. The first-order valence-corrected chi connectivity index (χ1v) is 5.66. The summed E-state index contributed by atoms with van der Waals surface area (Å²) >= 11 is 0. The molecule has 0 aliphatic heterocycles. The number of carboxylic acid groups (broad SMARTS) is 1. The molecule has 5 nitrogen and oxygen atoms in total. The van der Waals surface area contributed by atoms with Crippen molar-refractivity contribution < 1.29 is 14.4 Å². The smallest absolute Gasteiger partial charge is 0.341 e. The Hall–Kier alpha value is -2.17. The molecule has 2 aromatic heterocycles. The van der Waals surface area contributed by atoms with Gasteiger partial charge in [-0.05, 0) is 18.6 Å². The molecule has 2 aromatic rings. The van der Waals surface area contributed by atoms with Gasteiger partial charge in [0, 0.05) is 23.9 Å². The van der Waals surface area contributed by atoms with Crippen LogP contribution >= 0.6 is 0 Å². The van der Waals surface area contributed by atoms with Crippen LogP contribution in [0.2, 0.25) is 0 Å². The van der Waals surface area contributed by atoms with Gasteiger partial charge in [0.15, 0.2) is 5.76 Å². The Balaban J connectivity index is 2.66. The summed E-state index contributed by atoms with van der Waals surface area (Å²) in [5.41, 5.74) is 2.07. The van der Waals surface area contributed by atoms with E-state index in [1.54, 1.807) is 12.4 Å². The van der Waals surface area contributed by atoms with Crippen molar-refractivity contribution in [3.8, 4) is 11.3 Å². The van der Waals surface area contributed by atoms with Gasteiger partial charge in [0.1, 0.15) is 11.3 Å². The first kappa shape index (κ1) is 12.3. The van der Waals surface area contributed by atoms with Crippen LogP contribution in [0, 0.1) is 6.92 Å². The maximum absolute atomic E-state index is 11.4. The summed E-state index contributed by atoms with van der Waals surface area (Å²) in [7, 11) is 0. The zero-order valence-corrected chi connectivity index (χ0v) is 10.5. The largest absolute Gasteiger partial charge is 0.477 e. The maximum atomic E-state index is 11.4. The second-order valence-corrected chi connectivity index (χ2v) is 4.42. The van der Waals surface area contributed by atoms with Crippen molar-refractivity contribution in [1.82, 2.24) is 10.1 Å². The van der Waals surface area contributed by atoms with Crippen LogP contribution in [-0.2, 0) is 0 Å². The lowest BCUT2D eigenvalue weighted by molar-refractivity contribution is 0.0694. The summed E-state index contributed by atoms with van der Waals surface area (Å²) in [6.07, 6.45) is 3.26. The highest BCUT2D eigenvalue weighted by Gasteiger charge is 2.26. The predicted molar refractivity (Wildman–Crippen MR) is 65.5 cm³/mol. The lowest BCUT2D eigenvalue weighted by Gasteiger charge is -2.03. The van der Waals surface area contributed by atoms with E-state index in [1.807, 2.05) is 26.8 Å². The van der Waals surface area contributed by atoms with E-state index in [0.717, 1.165) is 5.56 Å². The molecule has 0 atom stereocenters. The highest BCUT2D eigenvalue weighted by molar-refractivity contribution is 5.96. The van der Waals surface area contributed by atoms with Gasteiger partial charge in [-0.15, -0.1) is 0 Å². The molecule has 0 aliphatic carbocycles. The quantitative estimate of drug-likeness (QED) is 0.901. The molecule has 0 saturated carbocycles. The molecule has 0 unspecified atom stereocenters. The molecular weight excluding hydrogens is 232 g/mol. The molecular formula is C13H14N2O3. The summed E-state index contributed by atoms with van der Waals surface area (Å²) in [4.78, 5) is 15.4. The Morgan fingerprint density at radius 2 is 2.17 bits per heavy atom. The third kappa shape index (κ3) is 1.99. The number of rotatable bonds is 3. The number of hydrogen-bond acceptors (Lipinski definition) is 4. The number of aromatic nitrogens is 2. The molecule has 0 saturated heterocycles. The first-order chi connectivity index (χ1) is 8.52. The average molecular weight is 246 g/mol. The van der Waals surface area contributed by atoms with Gasteiger partial charge in [-0.3, -0.25) is 4.98 Å². The molecule has 0 bridgehead atoms. The van der Waals surface area contributed by atoms with Crippen molar-refractivity contribution in [2.45, 2.75) is 26.7 Å². The maximum Gasteiger partial charge on any atom is 0.341 e. The van der Waals surface area contributed by atoms with Gasteiger partial charge in [-0.25, -0.2) is 4.79 Å². The fourth-order valence-electron chi connectivity index (χ4n) is 1.80. The van der Waals surface area contributed by atoms with Gasteiger partial charge in [0.2, 0.25) is 0 Å². The zero-order valence-electron chi connectivity index (χ0n) is 10.5. The van der Waals surface area contributed by atoms with E-state index in [2.05, 4.69) is 10.1 Å². The van der Waals surface area contributed by atoms with Crippen LogP contribution in [0.1, 0.15) is 41.4 Å². The van der Waals surface area contributed by atoms with Crippen LogP contribution in [0.5, 0.6) is 0 Å². The molecule has 0 spiro atoms. The Morgan fingerprint density at radius 3 is 2.72 bits per heavy atom. The topological polar surface area (TPSA) is 76.2 Å². The fourth-order valence-corrected chi connectivity index (χ4v) is 1.80. The number of aryl methyl sites for hydroxylation is 1. The normalized spacial score (nSPS) is 10.9. The minimum Gasteiger partial charge on any atom is -0.477 e. The molecule has 1 N–H and O–H groups in total. The van der Waals surface area contributed by atoms with Crippen molar-refractivity contribution in [1.29, 1.82) is 0 Å². The molecule has 0 fully saturated rings. The monoisotopic (exact) mass is 246 g/mol. The van der Waals surface area contributed by atoms with Crippen LogP contribution in [0.4, 0.5) is 0 Å². The molecule has 0 aromatic carbocycles. The van der Waals surface area contributed by atoms with Gasteiger partial charge >= 0.3 is 5.97 Å². The van der Waals surface area contributed by atoms with Gasteiger partial charge in [0.05, 0.1) is 0 Å². The van der Waals surface area contributed by atoms with Gasteiger partial charge in [-0.2, -0.15) is 0 Å². The number of carboxylic acids is 1. The molecule has 0 aliphatic rings. The van der Waals surface area contributed by atoms with Crippen LogP contribution in [0.3, 0.4) is 0 Å². The molecule has 0 amide bonds. The van der Waals surface area contributed by atoms with E-state index in [-0.39, 0.29) is 11.5 Å². The SMILES string of the molecule is Cc1ccncc1-c1noc(C(C)C)c1C(=O)O. The molecule has 2 heterocycles. The van der Waals surface area contributed by atoms with Crippen LogP contribution in [-0.4, -0.2) is 21.2 Å². The predicted octanol–water partition coefficient (Wildman–Crippen LogP) is 2.87. The van der Waals surface area contributed by atoms with Crippen LogP contribution < -0.4 is 0 Å². The zero-order chi connectivity index (χ0) is 13.3. The standard InChI is InChI=1S/C13H14N2O3/c1-7(2)12-10(13(16)17)11(15-18-12)9-6-14-5-4-8(9)3/h4-7H,1-3H3,(H,16,17). The molecule has 5 heteroatoms. The summed E-state index contributed by atoms with van der Waals surface area (Å²) < 4.78 is 5.17. The lowest BCUT2D eigenvalue weighted by Crippen LogP contribution is -2.03. The fraction of sp³-hybridized carbons (Fsp3) is 0.308. The minimum absolute atomic E-state index is 0.0330. The summed E-state index contributed by atoms with van der Waals surface area (Å²) in [6.45, 7) is 5.62. The Labute approximate surface area is 104 Å². The molecule has 2 rings (SSSR count). The third-order valence-electron chi connectivity index (χ3n) is 2.75. The van der Waals surface area contributed by atoms with E-state index in [1.165, 1.54) is 0 Å². The second-order valence-electron chi connectivity index (χ2n) is 4.42. The summed E-state index contributed by atoms with van der Waals surface area (Å²) in [5.74, 6) is -0.673. The molecule has 94 valence electrons. The van der Waals surface area contributed by atoms with E-state index < -0.39 is 5.97 Å². The molecule has 18 heavy (non-hydrogen) atoms. The summed E-state index contributed by atoms with van der Waals surface area (Å²) in [6, 6.07) is 1.81. The second kappa shape index (κ2) is 4.60. The van der Waals surface area contributed by atoms with E-state index in [0.29, 0.717) is 17.0 Å². The van der Waals surface area contributed by atoms with E-state index >= 15 is 0 Å². The number of aromatic carboxylic acids is 1. The van der Waals surface area contributed by atoms with Crippen molar-refractivity contribution in [2.24, 2.45) is 0 Å². The Kier molecular flexibility index (Phi) is 3.14. The first-order valence-electron chi connectivity index (χ1n) is 5.66. The average Bonchev–Trinajstić information content (AvgIpc) is 2.74. The van der Waals surface area contributed by atoms with Crippen molar-refractivity contribution in [3.05, 3.63) is 35.3 Å². The highest BCUT2D eigenvalue weighted by Crippen LogP contribution is 2.30. The number of nitrogens with zero attached hydrogens (tertiary/aromatic N) is 2. The molecule has 0 radical (unpaired) electrons. The number of carbonyl (C=O) groups is 1. The Bertz CT molecular complexity index is 588. The number of hydrogen-bond donors (Lipinski definition) is 1.